The van der Waals surface area contributed by atoms with Crippen LogP contribution in [0.4, 0.5) is 0 Å². The van der Waals surface area contributed by atoms with Gasteiger partial charge in [0, 0.05) is 29.5 Å². The number of carboxylic acid groups (broad SMARTS) is 1. The normalized spacial score (nSPS) is 22.3. The number of nitrogens with zero attached hydrogens (tertiary/aromatic N) is 1. The molecular weight excluding hydrogens is 519 g/mol. The summed E-state index contributed by atoms with van der Waals surface area (Å²) in [6, 6.07) is 14.2. The molecule has 3 atom stereocenters. The number of amides is 1. The Hall–Kier alpha value is -2.13. The van der Waals surface area contributed by atoms with Gasteiger partial charge in [0.05, 0.1) is 0 Å². The minimum absolute atomic E-state index is 0.0284. The summed E-state index contributed by atoms with van der Waals surface area (Å²) >= 11 is 2.20. The molecule has 0 aromatic heterocycles. The Morgan fingerprint density at radius 3 is 2.59 bits per heavy atom. The number of benzene rings is 2. The first-order valence-electron chi connectivity index (χ1n) is 11.0. The first-order chi connectivity index (χ1) is 15.2. The number of carbonyl (C=O) groups excluding carboxylic acids is 1. The third-order valence-corrected chi connectivity index (χ3v) is 7.43. The van der Waals surface area contributed by atoms with Crippen molar-refractivity contribution in [1.29, 1.82) is 0 Å². The summed E-state index contributed by atoms with van der Waals surface area (Å²) in [5, 5.41) is 22.1. The van der Waals surface area contributed by atoms with E-state index in [9.17, 15) is 19.8 Å². The molecule has 3 rings (SSSR count). The average molecular weight is 550 g/mol. The van der Waals surface area contributed by atoms with Gasteiger partial charge in [-0.25, -0.2) is 4.79 Å². The Bertz CT molecular complexity index is 949. The topological polar surface area (TPSA) is 89.9 Å². The van der Waals surface area contributed by atoms with E-state index in [0.717, 1.165) is 34.2 Å². The number of nitrogens with one attached hydrogen (secondary N) is 1. The van der Waals surface area contributed by atoms with Crippen LogP contribution >= 0.6 is 22.6 Å². The molecule has 1 saturated heterocycles. The highest BCUT2D eigenvalue weighted by Gasteiger charge is 2.38. The molecule has 0 radical (unpaired) electrons. The van der Waals surface area contributed by atoms with Crippen molar-refractivity contribution < 1.29 is 19.8 Å². The Kier molecular flexibility index (Phi) is 8.16. The summed E-state index contributed by atoms with van der Waals surface area (Å²) in [5.41, 5.74) is 2.00. The Morgan fingerprint density at radius 1 is 1.25 bits per heavy atom. The van der Waals surface area contributed by atoms with Crippen molar-refractivity contribution in [2.75, 3.05) is 19.6 Å². The summed E-state index contributed by atoms with van der Waals surface area (Å²) in [5.74, 6) is -0.621. The average Bonchev–Trinajstić information content (AvgIpc) is 2.75. The van der Waals surface area contributed by atoms with Crippen LogP contribution in [-0.2, 0) is 21.4 Å². The van der Waals surface area contributed by atoms with E-state index in [0.29, 0.717) is 12.5 Å². The second-order valence-electron chi connectivity index (χ2n) is 8.96. The first-order valence-corrected chi connectivity index (χ1v) is 12.0. The van der Waals surface area contributed by atoms with E-state index in [2.05, 4.69) is 52.7 Å². The van der Waals surface area contributed by atoms with Crippen LogP contribution in [-0.4, -0.2) is 52.7 Å². The molecule has 32 heavy (non-hydrogen) atoms. The van der Waals surface area contributed by atoms with Gasteiger partial charge in [-0.15, -0.1) is 0 Å². The van der Waals surface area contributed by atoms with Crippen LogP contribution in [0.15, 0.2) is 48.5 Å². The number of hydrogen-bond donors (Lipinski definition) is 3. The SMILES string of the molecule is C[C@H]1CN(CCC(=O)N[C@@H](Cc2ccc(I)cc2)C(=O)O)CC[C@@]1(C)c1cccc(O)c1. The van der Waals surface area contributed by atoms with Crippen molar-refractivity contribution in [2.45, 2.75) is 44.6 Å². The lowest BCUT2D eigenvalue weighted by molar-refractivity contribution is -0.141. The molecule has 0 spiro atoms. The first kappa shape index (κ1) is 24.5. The molecule has 0 bridgehead atoms. The van der Waals surface area contributed by atoms with Crippen molar-refractivity contribution in [1.82, 2.24) is 10.2 Å². The number of halogens is 1. The molecule has 1 aliphatic rings. The van der Waals surface area contributed by atoms with Crippen molar-refractivity contribution in [3.8, 4) is 5.75 Å². The molecule has 0 unspecified atom stereocenters. The minimum atomic E-state index is -1.02. The van der Waals surface area contributed by atoms with Gasteiger partial charge >= 0.3 is 5.97 Å². The zero-order valence-electron chi connectivity index (χ0n) is 18.6. The highest BCUT2D eigenvalue weighted by atomic mass is 127. The number of hydrogen-bond acceptors (Lipinski definition) is 4. The zero-order valence-corrected chi connectivity index (χ0v) is 20.7. The number of phenolic OH excluding ortho intramolecular Hbond substituents is 1. The maximum absolute atomic E-state index is 12.5. The van der Waals surface area contributed by atoms with Gasteiger partial charge in [-0.05, 0) is 82.3 Å². The van der Waals surface area contributed by atoms with Crippen LogP contribution in [0.5, 0.6) is 5.75 Å². The molecule has 172 valence electrons. The van der Waals surface area contributed by atoms with E-state index in [4.69, 9.17) is 0 Å². The van der Waals surface area contributed by atoms with E-state index < -0.39 is 12.0 Å². The lowest BCUT2D eigenvalue weighted by Gasteiger charge is -2.45. The van der Waals surface area contributed by atoms with E-state index >= 15 is 0 Å². The number of carboxylic acids is 1. The third kappa shape index (κ3) is 6.22. The van der Waals surface area contributed by atoms with Gasteiger partial charge in [0.15, 0.2) is 0 Å². The molecule has 0 aliphatic carbocycles. The largest absolute Gasteiger partial charge is 0.508 e. The van der Waals surface area contributed by atoms with Crippen LogP contribution in [0.25, 0.3) is 0 Å². The van der Waals surface area contributed by atoms with Crippen molar-refractivity contribution in [2.24, 2.45) is 5.92 Å². The fraction of sp³-hybridized carbons (Fsp3) is 0.440. The number of carbonyl (C=O) groups is 2. The lowest BCUT2D eigenvalue weighted by Crippen LogP contribution is -2.48. The van der Waals surface area contributed by atoms with Gasteiger partial charge in [0.25, 0.3) is 0 Å². The van der Waals surface area contributed by atoms with Crippen LogP contribution in [0.2, 0.25) is 0 Å². The molecule has 1 amide bonds. The molecule has 2 aromatic carbocycles. The quantitative estimate of drug-likeness (QED) is 0.436. The highest BCUT2D eigenvalue weighted by molar-refractivity contribution is 14.1. The van der Waals surface area contributed by atoms with Gasteiger partial charge in [-0.1, -0.05) is 38.1 Å². The van der Waals surface area contributed by atoms with E-state index in [1.54, 1.807) is 6.07 Å². The van der Waals surface area contributed by atoms with E-state index in [1.165, 1.54) is 0 Å². The molecule has 2 aromatic rings. The fourth-order valence-corrected chi connectivity index (χ4v) is 4.75. The number of likely N-dealkylation sites (tertiary alicyclic amines) is 1. The molecule has 1 aliphatic heterocycles. The van der Waals surface area contributed by atoms with Crippen molar-refractivity contribution in [3.05, 3.63) is 63.2 Å². The Balaban J connectivity index is 1.51. The molecule has 1 heterocycles. The van der Waals surface area contributed by atoms with Gasteiger partial charge in [-0.2, -0.15) is 0 Å². The van der Waals surface area contributed by atoms with E-state index in [-0.39, 0.29) is 29.9 Å². The minimum Gasteiger partial charge on any atom is -0.508 e. The van der Waals surface area contributed by atoms with Gasteiger partial charge in [0.2, 0.25) is 5.91 Å². The second-order valence-corrected chi connectivity index (χ2v) is 10.2. The molecule has 7 heteroatoms. The summed E-state index contributed by atoms with van der Waals surface area (Å²) in [7, 11) is 0. The lowest BCUT2D eigenvalue weighted by atomic mass is 9.68. The van der Waals surface area contributed by atoms with Crippen molar-refractivity contribution >= 4 is 34.5 Å². The summed E-state index contributed by atoms with van der Waals surface area (Å²) in [6.45, 7) is 6.75. The molecular formula is C25H31IN2O4. The number of piperidine rings is 1. The Morgan fingerprint density at radius 2 is 1.97 bits per heavy atom. The fourth-order valence-electron chi connectivity index (χ4n) is 4.39. The highest BCUT2D eigenvalue weighted by Crippen LogP contribution is 2.40. The summed E-state index contributed by atoms with van der Waals surface area (Å²) in [4.78, 5) is 26.4. The molecule has 6 nitrogen and oxygen atoms in total. The second kappa shape index (κ2) is 10.7. The molecule has 3 N–H and O–H groups in total. The molecule has 0 saturated carbocycles. The van der Waals surface area contributed by atoms with Gasteiger partial charge < -0.3 is 20.4 Å². The third-order valence-electron chi connectivity index (χ3n) is 6.71. The van der Waals surface area contributed by atoms with Crippen LogP contribution in [0.3, 0.4) is 0 Å². The predicted molar refractivity (Wildman–Crippen MR) is 133 cm³/mol. The van der Waals surface area contributed by atoms with Crippen LogP contribution in [0, 0.1) is 9.49 Å². The van der Waals surface area contributed by atoms with Crippen LogP contribution < -0.4 is 5.32 Å². The van der Waals surface area contributed by atoms with Crippen molar-refractivity contribution in [3.63, 3.8) is 0 Å². The van der Waals surface area contributed by atoms with Crippen LogP contribution in [0.1, 0.15) is 37.8 Å². The summed E-state index contributed by atoms with van der Waals surface area (Å²) < 4.78 is 1.08. The number of phenols is 1. The summed E-state index contributed by atoms with van der Waals surface area (Å²) in [6.07, 6.45) is 1.47. The maximum Gasteiger partial charge on any atom is 0.326 e. The van der Waals surface area contributed by atoms with E-state index in [1.807, 2.05) is 36.4 Å². The number of rotatable bonds is 8. The number of aliphatic carboxylic acids is 1. The Labute approximate surface area is 203 Å². The molecule has 1 fully saturated rings. The zero-order chi connectivity index (χ0) is 23.3. The number of aromatic hydroxyl groups is 1. The van der Waals surface area contributed by atoms with Gasteiger partial charge in [-0.3, -0.25) is 4.79 Å². The van der Waals surface area contributed by atoms with Gasteiger partial charge in [0.1, 0.15) is 11.8 Å². The smallest absolute Gasteiger partial charge is 0.326 e. The predicted octanol–water partition coefficient (Wildman–Crippen LogP) is 3.80. The maximum atomic E-state index is 12.5. The standard InChI is InChI=1S/C25H31IN2O4/c1-17-16-28(13-11-25(17,2)19-4-3-5-21(29)15-19)12-10-23(30)27-22(24(31)32)14-18-6-8-20(26)9-7-18/h3-9,15,17,22,29H,10-14,16H2,1-2H3,(H,27,30)(H,31,32)/t17-,22-,25+/m0/s1. The monoisotopic (exact) mass is 550 g/mol.